The van der Waals surface area contributed by atoms with Crippen LogP contribution >= 0.6 is 11.6 Å². The number of aromatic carboxylic acids is 1. The number of carboxylic acid groups (broad SMARTS) is 1. The number of anilines is 1. The molecule has 0 spiro atoms. The summed E-state index contributed by atoms with van der Waals surface area (Å²) in [5.74, 6) is -0.683. The highest BCUT2D eigenvalue weighted by atomic mass is 35.5. The molecule has 1 aromatic rings. The largest absolute Gasteiger partial charge is 0.476 e. The maximum atomic E-state index is 11.5. The summed E-state index contributed by atoms with van der Waals surface area (Å²) < 4.78 is 23.0. The molecule has 1 fully saturated rings. The molecule has 6 nitrogen and oxygen atoms in total. The molecule has 1 atom stereocenters. The third kappa shape index (κ3) is 2.98. The van der Waals surface area contributed by atoms with Crippen molar-refractivity contribution in [3.05, 3.63) is 22.8 Å². The van der Waals surface area contributed by atoms with Crippen LogP contribution in [0.15, 0.2) is 12.1 Å². The zero-order valence-corrected chi connectivity index (χ0v) is 11.8. The fourth-order valence-electron chi connectivity index (χ4n) is 2.08. The van der Waals surface area contributed by atoms with E-state index in [-0.39, 0.29) is 28.3 Å². The molecule has 1 saturated heterocycles. The van der Waals surface area contributed by atoms with Crippen LogP contribution in [0.25, 0.3) is 0 Å². The van der Waals surface area contributed by atoms with Gasteiger partial charge in [-0.1, -0.05) is 11.6 Å². The standard InChI is InChI=1S/C11H13ClN2O4S/c1-7-6-19(17,18)5-4-14(7)9-3-2-8(12)10(13-9)11(15)16/h2-3,7H,4-6H2,1H3,(H,15,16). The van der Waals surface area contributed by atoms with Gasteiger partial charge in [0, 0.05) is 12.6 Å². The number of hydrogen-bond acceptors (Lipinski definition) is 5. The summed E-state index contributed by atoms with van der Waals surface area (Å²) in [6.07, 6.45) is 0. The van der Waals surface area contributed by atoms with Crippen molar-refractivity contribution in [2.45, 2.75) is 13.0 Å². The molecule has 104 valence electrons. The maximum Gasteiger partial charge on any atom is 0.356 e. The molecule has 0 saturated carbocycles. The number of aromatic nitrogens is 1. The van der Waals surface area contributed by atoms with E-state index in [1.807, 2.05) is 0 Å². The van der Waals surface area contributed by atoms with Crippen LogP contribution in [0.4, 0.5) is 5.82 Å². The first kappa shape index (κ1) is 14.1. The molecule has 1 N–H and O–H groups in total. The zero-order chi connectivity index (χ0) is 14.2. The molecule has 0 aromatic carbocycles. The van der Waals surface area contributed by atoms with Gasteiger partial charge in [0.05, 0.1) is 16.5 Å². The Morgan fingerprint density at radius 2 is 2.21 bits per heavy atom. The van der Waals surface area contributed by atoms with E-state index in [9.17, 15) is 13.2 Å². The quantitative estimate of drug-likeness (QED) is 0.879. The summed E-state index contributed by atoms with van der Waals surface area (Å²) in [5, 5.41) is 9.04. The lowest BCUT2D eigenvalue weighted by atomic mass is 10.2. The van der Waals surface area contributed by atoms with E-state index in [0.717, 1.165) is 0 Å². The van der Waals surface area contributed by atoms with Crippen LogP contribution in [0, 0.1) is 0 Å². The second-order valence-corrected chi connectivity index (χ2v) is 7.10. The minimum atomic E-state index is -3.02. The van der Waals surface area contributed by atoms with Gasteiger partial charge in [-0.25, -0.2) is 18.2 Å². The normalized spacial score (nSPS) is 22.2. The van der Waals surface area contributed by atoms with Crippen molar-refractivity contribution in [2.24, 2.45) is 0 Å². The van der Waals surface area contributed by atoms with Gasteiger partial charge in [0.25, 0.3) is 0 Å². The van der Waals surface area contributed by atoms with E-state index in [4.69, 9.17) is 16.7 Å². The van der Waals surface area contributed by atoms with Crippen molar-refractivity contribution in [1.29, 1.82) is 0 Å². The van der Waals surface area contributed by atoms with Gasteiger partial charge < -0.3 is 10.0 Å². The van der Waals surface area contributed by atoms with Gasteiger partial charge >= 0.3 is 5.97 Å². The molecule has 2 heterocycles. The molecule has 0 amide bonds. The highest BCUT2D eigenvalue weighted by Gasteiger charge is 2.29. The fourth-order valence-corrected chi connectivity index (χ4v) is 3.82. The van der Waals surface area contributed by atoms with Gasteiger partial charge in [0.1, 0.15) is 5.82 Å². The molecule has 8 heteroatoms. The van der Waals surface area contributed by atoms with Crippen molar-refractivity contribution >= 4 is 33.2 Å². The van der Waals surface area contributed by atoms with Crippen LogP contribution in [0.3, 0.4) is 0 Å². The Balaban J connectivity index is 2.33. The number of sulfone groups is 1. The predicted octanol–water partition coefficient (Wildman–Crippen LogP) is 1.06. The molecule has 1 aliphatic heterocycles. The van der Waals surface area contributed by atoms with E-state index in [1.165, 1.54) is 6.07 Å². The maximum absolute atomic E-state index is 11.5. The van der Waals surface area contributed by atoms with Crippen molar-refractivity contribution < 1.29 is 18.3 Å². The van der Waals surface area contributed by atoms with E-state index >= 15 is 0 Å². The summed E-state index contributed by atoms with van der Waals surface area (Å²) in [6, 6.07) is 2.82. The molecule has 0 bridgehead atoms. The molecule has 19 heavy (non-hydrogen) atoms. The lowest BCUT2D eigenvalue weighted by Gasteiger charge is -2.34. The summed E-state index contributed by atoms with van der Waals surface area (Å²) in [5.41, 5.74) is -0.222. The summed E-state index contributed by atoms with van der Waals surface area (Å²) >= 11 is 5.75. The summed E-state index contributed by atoms with van der Waals surface area (Å²) in [6.45, 7) is 2.07. The molecule has 1 unspecified atom stereocenters. The van der Waals surface area contributed by atoms with Crippen LogP contribution in [0.2, 0.25) is 5.02 Å². The van der Waals surface area contributed by atoms with Gasteiger partial charge in [0.15, 0.2) is 15.5 Å². The number of hydrogen-bond donors (Lipinski definition) is 1. The number of carboxylic acids is 1. The Morgan fingerprint density at radius 1 is 1.53 bits per heavy atom. The average Bonchev–Trinajstić information content (AvgIpc) is 2.29. The van der Waals surface area contributed by atoms with Crippen LogP contribution in [0.1, 0.15) is 17.4 Å². The lowest BCUT2D eigenvalue weighted by Crippen LogP contribution is -2.47. The molecule has 2 rings (SSSR count). The minimum absolute atomic E-state index is 0.0414. The smallest absolute Gasteiger partial charge is 0.356 e. The second-order valence-electron chi connectivity index (χ2n) is 4.46. The second kappa shape index (κ2) is 4.97. The lowest BCUT2D eigenvalue weighted by molar-refractivity contribution is 0.0690. The number of nitrogens with zero attached hydrogens (tertiary/aromatic N) is 2. The van der Waals surface area contributed by atoms with Crippen molar-refractivity contribution in [3.8, 4) is 0 Å². The first-order valence-electron chi connectivity index (χ1n) is 5.67. The Hall–Kier alpha value is -1.34. The van der Waals surface area contributed by atoms with Crippen molar-refractivity contribution in [2.75, 3.05) is 23.0 Å². The average molecular weight is 305 g/mol. The van der Waals surface area contributed by atoms with Gasteiger partial charge in [-0.2, -0.15) is 0 Å². The Morgan fingerprint density at radius 3 is 2.79 bits per heavy atom. The highest BCUT2D eigenvalue weighted by molar-refractivity contribution is 7.91. The molecule has 0 aliphatic carbocycles. The molecule has 0 radical (unpaired) electrons. The van der Waals surface area contributed by atoms with Gasteiger partial charge in [-0.3, -0.25) is 0 Å². The summed E-state index contributed by atoms with van der Waals surface area (Å²) in [4.78, 5) is 16.8. The highest BCUT2D eigenvalue weighted by Crippen LogP contribution is 2.23. The Labute approximate surface area is 115 Å². The zero-order valence-electron chi connectivity index (χ0n) is 10.2. The molecule has 1 aromatic heterocycles. The van der Waals surface area contributed by atoms with E-state index < -0.39 is 15.8 Å². The SMILES string of the molecule is CC1CS(=O)(=O)CCN1c1ccc(Cl)c(C(=O)O)n1. The first-order chi connectivity index (χ1) is 8.80. The van der Waals surface area contributed by atoms with Gasteiger partial charge in [0.2, 0.25) is 0 Å². The third-order valence-corrected chi connectivity index (χ3v) is 5.10. The van der Waals surface area contributed by atoms with Gasteiger partial charge in [-0.15, -0.1) is 0 Å². The first-order valence-corrected chi connectivity index (χ1v) is 7.87. The number of halogens is 1. The Bertz CT molecular complexity index is 617. The molecule has 1 aliphatic rings. The predicted molar refractivity (Wildman–Crippen MR) is 71.7 cm³/mol. The van der Waals surface area contributed by atoms with Crippen LogP contribution in [-0.2, 0) is 9.84 Å². The van der Waals surface area contributed by atoms with Gasteiger partial charge in [-0.05, 0) is 19.1 Å². The number of rotatable bonds is 2. The number of carbonyl (C=O) groups is 1. The van der Waals surface area contributed by atoms with Crippen molar-refractivity contribution in [1.82, 2.24) is 4.98 Å². The monoisotopic (exact) mass is 304 g/mol. The van der Waals surface area contributed by atoms with E-state index in [2.05, 4.69) is 4.98 Å². The fraction of sp³-hybridized carbons (Fsp3) is 0.455. The van der Waals surface area contributed by atoms with E-state index in [1.54, 1.807) is 17.9 Å². The minimum Gasteiger partial charge on any atom is -0.476 e. The molecular weight excluding hydrogens is 292 g/mol. The van der Waals surface area contributed by atoms with Crippen LogP contribution in [-0.4, -0.2) is 48.6 Å². The van der Waals surface area contributed by atoms with Crippen LogP contribution < -0.4 is 4.90 Å². The summed E-state index contributed by atoms with van der Waals surface area (Å²) in [7, 11) is -3.02. The van der Waals surface area contributed by atoms with Crippen LogP contribution in [0.5, 0.6) is 0 Å². The third-order valence-electron chi connectivity index (χ3n) is 3.00. The van der Waals surface area contributed by atoms with E-state index in [0.29, 0.717) is 12.4 Å². The van der Waals surface area contributed by atoms with Crippen molar-refractivity contribution in [3.63, 3.8) is 0 Å². The molecular formula is C11H13ClN2O4S. The topological polar surface area (TPSA) is 87.6 Å². The number of pyridine rings is 1. The Kier molecular flexibility index (Phi) is 3.69.